The predicted octanol–water partition coefficient (Wildman–Crippen LogP) is 4.61. The van der Waals surface area contributed by atoms with E-state index in [1.807, 2.05) is 74.0 Å². The van der Waals surface area contributed by atoms with Crippen LogP contribution in [0.1, 0.15) is 27.4 Å². The molecular weight excluding hydrogens is 470 g/mol. The molecule has 2 aromatic carbocycles. The molecule has 0 saturated carbocycles. The van der Waals surface area contributed by atoms with Gasteiger partial charge in [0.05, 0.1) is 24.0 Å². The zero-order valence-corrected chi connectivity index (χ0v) is 21.3. The van der Waals surface area contributed by atoms with E-state index in [9.17, 15) is 9.59 Å². The van der Waals surface area contributed by atoms with Gasteiger partial charge in [-0.2, -0.15) is 5.10 Å². The standard InChI is InChI=1S/C28H27N5O2S/c1-18-23(19(2)33(31-18)15-21-10-6-4-7-11-21)14-29-24(34)16-32-17-30-27-26(28(32)35)25(20(3)36-27)22-12-8-5-9-13-22/h4-13,17H,14-16H2,1-3H3,(H,29,34). The van der Waals surface area contributed by atoms with Gasteiger partial charge in [0.1, 0.15) is 11.4 Å². The number of hydrogen-bond donors (Lipinski definition) is 1. The van der Waals surface area contributed by atoms with E-state index in [-0.39, 0.29) is 18.0 Å². The van der Waals surface area contributed by atoms with Gasteiger partial charge in [0.2, 0.25) is 5.91 Å². The van der Waals surface area contributed by atoms with E-state index in [0.29, 0.717) is 23.3 Å². The van der Waals surface area contributed by atoms with Gasteiger partial charge in [-0.3, -0.25) is 18.8 Å². The largest absolute Gasteiger partial charge is 0.350 e. The minimum Gasteiger partial charge on any atom is -0.350 e. The van der Waals surface area contributed by atoms with Gasteiger partial charge in [0.15, 0.2) is 0 Å². The van der Waals surface area contributed by atoms with Gasteiger partial charge in [-0.1, -0.05) is 60.7 Å². The second-order valence-electron chi connectivity index (χ2n) is 8.83. The van der Waals surface area contributed by atoms with E-state index >= 15 is 0 Å². The lowest BCUT2D eigenvalue weighted by Crippen LogP contribution is -2.32. The Morgan fingerprint density at radius 2 is 1.69 bits per heavy atom. The first-order chi connectivity index (χ1) is 17.4. The Kier molecular flexibility index (Phi) is 6.52. The molecule has 0 unspecified atom stereocenters. The maximum absolute atomic E-state index is 13.4. The molecule has 0 bridgehead atoms. The van der Waals surface area contributed by atoms with Crippen molar-refractivity contribution in [3.63, 3.8) is 0 Å². The lowest BCUT2D eigenvalue weighted by molar-refractivity contribution is -0.121. The normalized spacial score (nSPS) is 11.2. The molecule has 0 spiro atoms. The number of aromatic nitrogens is 4. The molecule has 3 aromatic heterocycles. The molecule has 0 fully saturated rings. The van der Waals surface area contributed by atoms with Gasteiger partial charge < -0.3 is 5.32 Å². The quantitative estimate of drug-likeness (QED) is 0.356. The van der Waals surface area contributed by atoms with Crippen LogP contribution in [0.25, 0.3) is 21.3 Å². The molecule has 36 heavy (non-hydrogen) atoms. The van der Waals surface area contributed by atoms with Gasteiger partial charge in [-0.05, 0) is 31.9 Å². The first-order valence-corrected chi connectivity index (χ1v) is 12.6. The molecule has 5 aromatic rings. The van der Waals surface area contributed by atoms with Crippen molar-refractivity contribution in [2.24, 2.45) is 0 Å². The van der Waals surface area contributed by atoms with Crippen LogP contribution >= 0.6 is 11.3 Å². The van der Waals surface area contributed by atoms with E-state index in [4.69, 9.17) is 0 Å². The summed E-state index contributed by atoms with van der Waals surface area (Å²) < 4.78 is 3.34. The second kappa shape index (κ2) is 9.91. The number of benzene rings is 2. The van der Waals surface area contributed by atoms with Crippen LogP contribution in [-0.4, -0.2) is 25.2 Å². The third kappa shape index (κ3) is 4.59. The molecule has 182 valence electrons. The lowest BCUT2D eigenvalue weighted by Gasteiger charge is -2.09. The topological polar surface area (TPSA) is 81.8 Å². The molecule has 5 rings (SSSR count). The van der Waals surface area contributed by atoms with Gasteiger partial charge in [0, 0.05) is 28.2 Å². The number of fused-ring (bicyclic) bond motifs is 1. The van der Waals surface area contributed by atoms with Crippen molar-refractivity contribution in [2.45, 2.75) is 40.4 Å². The van der Waals surface area contributed by atoms with Crippen molar-refractivity contribution in [1.82, 2.24) is 24.6 Å². The van der Waals surface area contributed by atoms with Crippen molar-refractivity contribution in [3.8, 4) is 11.1 Å². The maximum atomic E-state index is 13.4. The molecule has 0 aliphatic heterocycles. The SMILES string of the molecule is Cc1nn(Cc2ccccc2)c(C)c1CNC(=O)Cn1cnc2sc(C)c(-c3ccccc3)c2c1=O. The second-order valence-corrected chi connectivity index (χ2v) is 10.0. The van der Waals surface area contributed by atoms with Crippen LogP contribution in [0, 0.1) is 20.8 Å². The highest BCUT2D eigenvalue weighted by molar-refractivity contribution is 7.19. The molecule has 0 atom stereocenters. The molecule has 7 nitrogen and oxygen atoms in total. The van der Waals surface area contributed by atoms with E-state index in [0.717, 1.165) is 33.0 Å². The molecule has 3 heterocycles. The highest BCUT2D eigenvalue weighted by Gasteiger charge is 2.18. The zero-order valence-electron chi connectivity index (χ0n) is 20.5. The summed E-state index contributed by atoms with van der Waals surface area (Å²) in [4.78, 5) is 32.4. The summed E-state index contributed by atoms with van der Waals surface area (Å²) in [5, 5.41) is 8.18. The fourth-order valence-electron chi connectivity index (χ4n) is 4.50. The first-order valence-electron chi connectivity index (χ1n) is 11.8. The lowest BCUT2D eigenvalue weighted by atomic mass is 10.0. The number of nitrogens with one attached hydrogen (secondary N) is 1. The third-order valence-corrected chi connectivity index (χ3v) is 7.41. The highest BCUT2D eigenvalue weighted by Crippen LogP contribution is 2.35. The van der Waals surface area contributed by atoms with Crippen molar-refractivity contribution < 1.29 is 4.79 Å². The van der Waals surface area contributed by atoms with Crippen LogP contribution < -0.4 is 10.9 Å². The van der Waals surface area contributed by atoms with Gasteiger partial charge in [-0.25, -0.2) is 4.98 Å². The number of nitrogens with zero attached hydrogens (tertiary/aromatic N) is 4. The van der Waals surface area contributed by atoms with Gasteiger partial charge in [-0.15, -0.1) is 11.3 Å². The summed E-state index contributed by atoms with van der Waals surface area (Å²) in [6.07, 6.45) is 1.46. The molecule has 0 radical (unpaired) electrons. The highest BCUT2D eigenvalue weighted by atomic mass is 32.1. The Hall–Kier alpha value is -4.04. The Morgan fingerprint density at radius 1 is 1.00 bits per heavy atom. The number of thiophene rings is 1. The van der Waals surface area contributed by atoms with Crippen LogP contribution in [0.5, 0.6) is 0 Å². The van der Waals surface area contributed by atoms with E-state index in [1.165, 1.54) is 27.8 Å². The van der Waals surface area contributed by atoms with Crippen LogP contribution in [0.15, 0.2) is 71.8 Å². The molecule has 8 heteroatoms. The average molecular weight is 498 g/mol. The summed E-state index contributed by atoms with van der Waals surface area (Å²) in [6, 6.07) is 20.0. The molecule has 0 saturated heterocycles. The van der Waals surface area contributed by atoms with Gasteiger partial charge in [0.25, 0.3) is 5.56 Å². The third-order valence-electron chi connectivity index (χ3n) is 6.40. The Labute approximate surface area is 213 Å². The number of amides is 1. The predicted molar refractivity (Wildman–Crippen MR) is 143 cm³/mol. The van der Waals surface area contributed by atoms with Crippen LogP contribution in [0.2, 0.25) is 0 Å². The van der Waals surface area contributed by atoms with Crippen LogP contribution in [-0.2, 0) is 24.4 Å². The van der Waals surface area contributed by atoms with Crippen molar-refractivity contribution >= 4 is 27.5 Å². The fourth-order valence-corrected chi connectivity index (χ4v) is 5.50. The molecule has 0 aliphatic carbocycles. The maximum Gasteiger partial charge on any atom is 0.263 e. The minimum absolute atomic E-state index is 0.0961. The van der Waals surface area contributed by atoms with Crippen molar-refractivity contribution in [3.05, 3.63) is 105 Å². The summed E-state index contributed by atoms with van der Waals surface area (Å²) >= 11 is 1.49. The molecule has 1 amide bonds. The summed E-state index contributed by atoms with van der Waals surface area (Å²) in [6.45, 7) is 6.88. The Morgan fingerprint density at radius 3 is 2.42 bits per heavy atom. The zero-order chi connectivity index (χ0) is 25.2. The monoisotopic (exact) mass is 497 g/mol. The van der Waals surface area contributed by atoms with E-state index in [1.54, 1.807) is 0 Å². The first kappa shape index (κ1) is 23.7. The summed E-state index contributed by atoms with van der Waals surface area (Å²) in [7, 11) is 0. The summed E-state index contributed by atoms with van der Waals surface area (Å²) in [5.74, 6) is -0.249. The van der Waals surface area contributed by atoms with Crippen molar-refractivity contribution in [1.29, 1.82) is 0 Å². The Bertz CT molecular complexity index is 1600. The van der Waals surface area contributed by atoms with Crippen LogP contribution in [0.3, 0.4) is 0 Å². The Balaban J connectivity index is 1.33. The van der Waals surface area contributed by atoms with E-state index in [2.05, 4.69) is 27.5 Å². The van der Waals surface area contributed by atoms with Crippen LogP contribution in [0.4, 0.5) is 0 Å². The number of rotatable bonds is 7. The minimum atomic E-state index is -0.249. The fraction of sp³-hybridized carbons (Fsp3) is 0.214. The van der Waals surface area contributed by atoms with Crippen molar-refractivity contribution in [2.75, 3.05) is 0 Å². The number of hydrogen-bond acceptors (Lipinski definition) is 5. The molecule has 0 aliphatic rings. The van der Waals surface area contributed by atoms with E-state index < -0.39 is 0 Å². The van der Waals surface area contributed by atoms with Gasteiger partial charge >= 0.3 is 0 Å². The number of carbonyl (C=O) groups excluding carboxylic acids is 1. The molecular formula is C28H27N5O2S. The smallest absolute Gasteiger partial charge is 0.263 e. The molecule has 1 N–H and O–H groups in total. The average Bonchev–Trinajstić information content (AvgIpc) is 3.36. The number of aryl methyl sites for hydroxylation is 2. The number of carbonyl (C=O) groups is 1. The summed E-state index contributed by atoms with van der Waals surface area (Å²) in [5.41, 5.74) is 5.70.